The normalized spacial score (nSPS) is 10.4. The van der Waals surface area contributed by atoms with Crippen LogP contribution >= 0.6 is 11.3 Å². The number of carbonyl (C=O) groups is 2. The van der Waals surface area contributed by atoms with Crippen LogP contribution in [0, 0.1) is 5.82 Å². The van der Waals surface area contributed by atoms with E-state index < -0.39 is 0 Å². The third-order valence-electron chi connectivity index (χ3n) is 3.73. The van der Waals surface area contributed by atoms with Gasteiger partial charge < -0.3 is 10.6 Å². The van der Waals surface area contributed by atoms with E-state index in [4.69, 9.17) is 0 Å². The number of thiazole rings is 1. The molecule has 138 valence electrons. The smallest absolute Gasteiger partial charge is 0.224 e. The summed E-state index contributed by atoms with van der Waals surface area (Å²) in [5.41, 5.74) is 2.44. The lowest BCUT2D eigenvalue weighted by atomic mass is 10.2. The van der Waals surface area contributed by atoms with Gasteiger partial charge in [-0.1, -0.05) is 18.2 Å². The standard InChI is InChI=1S/C20H18FN3O2S/c1-13(25)22-14-5-4-6-15(11-14)23-19(26)10-9-16-12-27-20(24-16)17-7-2-3-8-18(17)21/h2-8,11-12H,9-10H2,1H3,(H,22,25)(H,23,26). The van der Waals surface area contributed by atoms with Gasteiger partial charge in [0.25, 0.3) is 0 Å². The Morgan fingerprint density at radius 2 is 1.81 bits per heavy atom. The Morgan fingerprint density at radius 1 is 1.07 bits per heavy atom. The van der Waals surface area contributed by atoms with Crippen molar-refractivity contribution in [3.63, 3.8) is 0 Å². The number of nitrogens with one attached hydrogen (secondary N) is 2. The number of hydrogen-bond donors (Lipinski definition) is 2. The fourth-order valence-electron chi connectivity index (χ4n) is 2.52. The molecule has 0 fully saturated rings. The van der Waals surface area contributed by atoms with Crippen molar-refractivity contribution in [3.8, 4) is 10.6 Å². The summed E-state index contributed by atoms with van der Waals surface area (Å²) >= 11 is 1.36. The summed E-state index contributed by atoms with van der Waals surface area (Å²) in [7, 11) is 0. The van der Waals surface area contributed by atoms with Gasteiger partial charge in [-0.2, -0.15) is 0 Å². The summed E-state index contributed by atoms with van der Waals surface area (Å²) < 4.78 is 13.8. The van der Waals surface area contributed by atoms with E-state index in [1.54, 1.807) is 42.5 Å². The molecule has 1 heterocycles. The molecular formula is C20H18FN3O2S. The molecule has 0 radical (unpaired) electrons. The molecule has 0 bridgehead atoms. The maximum Gasteiger partial charge on any atom is 0.224 e. The highest BCUT2D eigenvalue weighted by Crippen LogP contribution is 2.26. The van der Waals surface area contributed by atoms with Gasteiger partial charge in [0.2, 0.25) is 11.8 Å². The predicted molar refractivity (Wildman–Crippen MR) is 105 cm³/mol. The maximum absolute atomic E-state index is 13.8. The second kappa shape index (κ2) is 8.55. The number of carbonyl (C=O) groups excluding carboxylic acids is 2. The lowest BCUT2D eigenvalue weighted by Crippen LogP contribution is -2.13. The zero-order chi connectivity index (χ0) is 19.2. The van der Waals surface area contributed by atoms with Gasteiger partial charge in [-0.05, 0) is 36.8 Å². The second-order valence-corrected chi connectivity index (χ2v) is 6.79. The molecule has 5 nitrogen and oxygen atoms in total. The first-order valence-electron chi connectivity index (χ1n) is 8.38. The van der Waals surface area contributed by atoms with Crippen LogP contribution in [0.2, 0.25) is 0 Å². The lowest BCUT2D eigenvalue weighted by Gasteiger charge is -2.07. The topological polar surface area (TPSA) is 71.1 Å². The summed E-state index contributed by atoms with van der Waals surface area (Å²) in [5.74, 6) is -0.640. The number of hydrogen-bond acceptors (Lipinski definition) is 4. The minimum atomic E-state index is -0.310. The number of benzene rings is 2. The van der Waals surface area contributed by atoms with Gasteiger partial charge in [-0.3, -0.25) is 9.59 Å². The maximum atomic E-state index is 13.8. The summed E-state index contributed by atoms with van der Waals surface area (Å²) in [6.45, 7) is 1.43. The molecule has 1 aromatic heterocycles. The molecule has 3 aromatic rings. The van der Waals surface area contributed by atoms with E-state index in [0.29, 0.717) is 28.4 Å². The highest BCUT2D eigenvalue weighted by Gasteiger charge is 2.11. The number of anilines is 2. The summed E-state index contributed by atoms with van der Waals surface area (Å²) in [6, 6.07) is 13.4. The van der Waals surface area contributed by atoms with Crippen LogP contribution < -0.4 is 10.6 Å². The van der Waals surface area contributed by atoms with Gasteiger partial charge in [0, 0.05) is 35.7 Å². The van der Waals surface area contributed by atoms with Crippen LogP contribution in [-0.4, -0.2) is 16.8 Å². The van der Waals surface area contributed by atoms with E-state index >= 15 is 0 Å². The Kier molecular flexibility index (Phi) is 5.93. The Bertz CT molecular complexity index is 971. The molecule has 0 atom stereocenters. The van der Waals surface area contributed by atoms with E-state index in [1.165, 1.54) is 24.3 Å². The van der Waals surface area contributed by atoms with Crippen molar-refractivity contribution >= 4 is 34.5 Å². The lowest BCUT2D eigenvalue weighted by molar-refractivity contribution is -0.116. The van der Waals surface area contributed by atoms with E-state index in [1.807, 2.05) is 5.38 Å². The molecule has 0 unspecified atom stereocenters. The molecular weight excluding hydrogens is 365 g/mol. The number of amides is 2. The average molecular weight is 383 g/mol. The van der Waals surface area contributed by atoms with Crippen molar-refractivity contribution in [2.24, 2.45) is 0 Å². The van der Waals surface area contributed by atoms with E-state index in [-0.39, 0.29) is 24.1 Å². The van der Waals surface area contributed by atoms with Crippen molar-refractivity contribution in [3.05, 3.63) is 65.4 Å². The molecule has 0 aliphatic heterocycles. The molecule has 0 aliphatic rings. The van der Waals surface area contributed by atoms with Gasteiger partial charge in [0.1, 0.15) is 10.8 Å². The molecule has 2 N–H and O–H groups in total. The quantitative estimate of drug-likeness (QED) is 0.659. The molecule has 0 spiro atoms. The number of aromatic nitrogens is 1. The van der Waals surface area contributed by atoms with Gasteiger partial charge >= 0.3 is 0 Å². The highest BCUT2D eigenvalue weighted by atomic mass is 32.1. The number of aryl methyl sites for hydroxylation is 1. The van der Waals surface area contributed by atoms with Gasteiger partial charge in [0.05, 0.1) is 5.69 Å². The first-order valence-corrected chi connectivity index (χ1v) is 9.26. The number of rotatable bonds is 6. The van der Waals surface area contributed by atoms with Gasteiger partial charge in [0.15, 0.2) is 0 Å². The van der Waals surface area contributed by atoms with Crippen LogP contribution in [0.25, 0.3) is 10.6 Å². The van der Waals surface area contributed by atoms with Crippen molar-refractivity contribution in [1.29, 1.82) is 0 Å². The van der Waals surface area contributed by atoms with E-state index in [0.717, 1.165) is 5.69 Å². The molecule has 27 heavy (non-hydrogen) atoms. The zero-order valence-electron chi connectivity index (χ0n) is 14.7. The molecule has 2 aromatic carbocycles. The van der Waals surface area contributed by atoms with Crippen LogP contribution in [0.3, 0.4) is 0 Å². The fourth-order valence-corrected chi connectivity index (χ4v) is 3.40. The Morgan fingerprint density at radius 3 is 2.56 bits per heavy atom. The summed E-state index contributed by atoms with van der Waals surface area (Å²) in [5, 5.41) is 7.91. The van der Waals surface area contributed by atoms with E-state index in [2.05, 4.69) is 15.6 Å². The van der Waals surface area contributed by atoms with Crippen molar-refractivity contribution in [2.75, 3.05) is 10.6 Å². The van der Waals surface area contributed by atoms with E-state index in [9.17, 15) is 14.0 Å². The van der Waals surface area contributed by atoms with Crippen LogP contribution in [-0.2, 0) is 16.0 Å². The average Bonchev–Trinajstić information content (AvgIpc) is 3.09. The minimum absolute atomic E-state index is 0.157. The number of nitrogens with zero attached hydrogens (tertiary/aromatic N) is 1. The molecule has 0 saturated heterocycles. The van der Waals surface area contributed by atoms with Crippen LogP contribution in [0.4, 0.5) is 15.8 Å². The van der Waals surface area contributed by atoms with Crippen molar-refractivity contribution in [2.45, 2.75) is 19.8 Å². The molecule has 0 saturated carbocycles. The van der Waals surface area contributed by atoms with Crippen LogP contribution in [0.1, 0.15) is 19.0 Å². The molecule has 2 amide bonds. The summed E-state index contributed by atoms with van der Waals surface area (Å²) in [4.78, 5) is 27.7. The molecule has 0 aliphatic carbocycles. The molecule has 3 rings (SSSR count). The Labute approximate surface area is 160 Å². The second-order valence-electron chi connectivity index (χ2n) is 5.93. The fraction of sp³-hybridized carbons (Fsp3) is 0.150. The van der Waals surface area contributed by atoms with Crippen molar-refractivity contribution in [1.82, 2.24) is 4.98 Å². The first-order chi connectivity index (χ1) is 13.0. The number of halogens is 1. The van der Waals surface area contributed by atoms with Gasteiger partial charge in [-0.25, -0.2) is 9.37 Å². The Hall–Kier alpha value is -3.06. The SMILES string of the molecule is CC(=O)Nc1cccc(NC(=O)CCc2csc(-c3ccccc3F)n2)c1. The minimum Gasteiger partial charge on any atom is -0.326 e. The predicted octanol–water partition coefficient (Wildman–Crippen LogP) is 4.48. The zero-order valence-corrected chi connectivity index (χ0v) is 15.5. The largest absolute Gasteiger partial charge is 0.326 e. The van der Waals surface area contributed by atoms with Crippen molar-refractivity contribution < 1.29 is 14.0 Å². The summed E-state index contributed by atoms with van der Waals surface area (Å²) in [6.07, 6.45) is 0.715. The van der Waals surface area contributed by atoms with Gasteiger partial charge in [-0.15, -0.1) is 11.3 Å². The third kappa shape index (κ3) is 5.21. The monoisotopic (exact) mass is 383 g/mol. The highest BCUT2D eigenvalue weighted by molar-refractivity contribution is 7.13. The van der Waals surface area contributed by atoms with Crippen LogP contribution in [0.15, 0.2) is 53.9 Å². The first kappa shape index (κ1) is 18.7. The third-order valence-corrected chi connectivity index (χ3v) is 4.66. The van der Waals surface area contributed by atoms with Crippen LogP contribution in [0.5, 0.6) is 0 Å². The molecule has 7 heteroatoms. The Balaban J connectivity index is 1.57.